The summed E-state index contributed by atoms with van der Waals surface area (Å²) in [6.45, 7) is 5.30. The van der Waals surface area contributed by atoms with Crippen molar-refractivity contribution in [1.29, 1.82) is 0 Å². The molecule has 0 N–H and O–H groups in total. The molecule has 1 amide bonds. The lowest BCUT2D eigenvalue weighted by Gasteiger charge is -2.15. The number of carbonyl (C=O) groups excluding carboxylic acids is 1. The maximum absolute atomic E-state index is 13.6. The molecule has 4 aromatic rings. The predicted molar refractivity (Wildman–Crippen MR) is 155 cm³/mol. The largest absolute Gasteiger partial charge is 0.488 e. The van der Waals surface area contributed by atoms with Gasteiger partial charge in [0.2, 0.25) is 0 Å². The van der Waals surface area contributed by atoms with Gasteiger partial charge < -0.3 is 4.74 Å². The van der Waals surface area contributed by atoms with E-state index in [0.29, 0.717) is 18.1 Å². The van der Waals surface area contributed by atoms with Gasteiger partial charge in [-0.25, -0.2) is 4.99 Å². The van der Waals surface area contributed by atoms with Crippen LogP contribution in [-0.4, -0.2) is 22.5 Å². The summed E-state index contributed by atoms with van der Waals surface area (Å²) in [7, 11) is 0. The molecule has 0 atom stereocenters. The van der Waals surface area contributed by atoms with Gasteiger partial charge >= 0.3 is 0 Å². The van der Waals surface area contributed by atoms with E-state index in [1.807, 2.05) is 71.6 Å². The van der Waals surface area contributed by atoms with Crippen molar-refractivity contribution in [2.75, 3.05) is 6.54 Å². The van der Waals surface area contributed by atoms with Crippen LogP contribution in [0.4, 0.5) is 5.69 Å². The van der Waals surface area contributed by atoms with Gasteiger partial charge in [-0.2, -0.15) is 0 Å². The third-order valence-corrected chi connectivity index (χ3v) is 7.33. The van der Waals surface area contributed by atoms with Gasteiger partial charge in [0.25, 0.3) is 5.91 Å². The van der Waals surface area contributed by atoms with Gasteiger partial charge in [0.1, 0.15) is 12.4 Å². The number of unbranched alkanes of at least 4 members (excludes halogenated alkanes) is 1. The summed E-state index contributed by atoms with van der Waals surface area (Å²) in [4.78, 5) is 20.9. The number of fused-ring (bicyclic) bond motifs is 1. The van der Waals surface area contributed by atoms with Crippen LogP contribution in [0.1, 0.15) is 36.5 Å². The molecule has 0 spiro atoms. The summed E-state index contributed by atoms with van der Waals surface area (Å²) in [5.74, 6) is 0.749. The van der Waals surface area contributed by atoms with Crippen molar-refractivity contribution in [3.63, 3.8) is 0 Å². The van der Waals surface area contributed by atoms with Crippen molar-refractivity contribution in [3.05, 3.63) is 113 Å². The van der Waals surface area contributed by atoms with E-state index in [4.69, 9.17) is 9.73 Å². The Morgan fingerprint density at radius 2 is 1.68 bits per heavy atom. The molecule has 1 fully saturated rings. The molecule has 4 aromatic carbocycles. The number of thioether (sulfide) groups is 1. The zero-order valence-corrected chi connectivity index (χ0v) is 22.0. The molecule has 1 heterocycles. The maximum atomic E-state index is 13.6. The molecule has 1 aliphatic heterocycles. The van der Waals surface area contributed by atoms with Crippen LogP contribution in [0.3, 0.4) is 0 Å². The predicted octanol–water partition coefficient (Wildman–Crippen LogP) is 8.13. The Kier molecular flexibility index (Phi) is 7.71. The summed E-state index contributed by atoms with van der Waals surface area (Å²) in [5.41, 5.74) is 4.04. The van der Waals surface area contributed by atoms with E-state index in [1.165, 1.54) is 17.3 Å². The molecule has 0 radical (unpaired) electrons. The maximum Gasteiger partial charge on any atom is 0.266 e. The van der Waals surface area contributed by atoms with Gasteiger partial charge in [0.05, 0.1) is 10.6 Å². The molecule has 0 saturated carbocycles. The van der Waals surface area contributed by atoms with Gasteiger partial charge in [-0.05, 0) is 65.7 Å². The number of aryl methyl sites for hydroxylation is 1. The summed E-state index contributed by atoms with van der Waals surface area (Å²) < 4.78 is 6.29. The van der Waals surface area contributed by atoms with Crippen LogP contribution in [0.2, 0.25) is 0 Å². The van der Waals surface area contributed by atoms with Gasteiger partial charge in [0.15, 0.2) is 5.17 Å². The van der Waals surface area contributed by atoms with Crippen molar-refractivity contribution in [2.24, 2.45) is 4.99 Å². The fourth-order valence-corrected chi connectivity index (χ4v) is 5.26. The quantitative estimate of drug-likeness (QED) is 0.227. The Morgan fingerprint density at radius 1 is 0.919 bits per heavy atom. The van der Waals surface area contributed by atoms with Gasteiger partial charge in [-0.1, -0.05) is 91.7 Å². The second-order valence-corrected chi connectivity index (χ2v) is 10.1. The number of amidine groups is 1. The van der Waals surface area contributed by atoms with Crippen LogP contribution < -0.4 is 4.74 Å². The van der Waals surface area contributed by atoms with Crippen LogP contribution in [0.15, 0.2) is 101 Å². The molecule has 186 valence electrons. The molecular weight excluding hydrogens is 476 g/mol. The third-order valence-electron chi connectivity index (χ3n) is 6.33. The van der Waals surface area contributed by atoms with Gasteiger partial charge in [-0.15, -0.1) is 0 Å². The fraction of sp³-hybridized carbons (Fsp3) is 0.188. The molecular formula is C32H30N2O2S. The van der Waals surface area contributed by atoms with Crippen molar-refractivity contribution < 1.29 is 9.53 Å². The normalized spacial score (nSPS) is 15.7. The highest BCUT2D eigenvalue weighted by Crippen LogP contribution is 2.38. The highest BCUT2D eigenvalue weighted by Gasteiger charge is 2.33. The lowest BCUT2D eigenvalue weighted by Crippen LogP contribution is -2.30. The van der Waals surface area contributed by atoms with E-state index in [-0.39, 0.29) is 5.91 Å². The number of rotatable bonds is 8. The van der Waals surface area contributed by atoms with Crippen molar-refractivity contribution in [3.8, 4) is 5.75 Å². The molecule has 4 nitrogen and oxygen atoms in total. The zero-order chi connectivity index (χ0) is 25.6. The average Bonchev–Trinajstić information content (AvgIpc) is 3.22. The molecule has 0 bridgehead atoms. The Hall–Kier alpha value is -3.83. The van der Waals surface area contributed by atoms with E-state index < -0.39 is 0 Å². The standard InChI is InChI=1S/C32H30N2O2S/c1-3-4-20-34-31(35)30(37-32(34)33-26-17-14-23(2)15-18-26)21-28-27-13-9-8-12-25(27)16-19-29(28)36-22-24-10-6-5-7-11-24/h5-19,21H,3-4,20,22H2,1-2H3/b30-21+,33-32?. The third kappa shape index (κ3) is 5.78. The Morgan fingerprint density at radius 3 is 2.46 bits per heavy atom. The molecule has 0 aliphatic carbocycles. The smallest absolute Gasteiger partial charge is 0.266 e. The summed E-state index contributed by atoms with van der Waals surface area (Å²) >= 11 is 1.43. The highest BCUT2D eigenvalue weighted by atomic mass is 32.2. The minimum Gasteiger partial charge on any atom is -0.488 e. The molecule has 5 heteroatoms. The first-order valence-corrected chi connectivity index (χ1v) is 13.5. The van der Waals surface area contributed by atoms with Crippen molar-refractivity contribution in [2.45, 2.75) is 33.3 Å². The minimum atomic E-state index is -0.00810. The van der Waals surface area contributed by atoms with Crippen LogP contribution in [0, 0.1) is 6.92 Å². The van der Waals surface area contributed by atoms with E-state index >= 15 is 0 Å². The highest BCUT2D eigenvalue weighted by molar-refractivity contribution is 8.18. The molecule has 0 unspecified atom stereocenters. The van der Waals surface area contributed by atoms with Gasteiger partial charge in [0, 0.05) is 12.1 Å². The Bertz CT molecular complexity index is 1460. The number of amides is 1. The Labute approximate surface area is 222 Å². The van der Waals surface area contributed by atoms with E-state index in [9.17, 15) is 4.79 Å². The molecule has 1 saturated heterocycles. The number of carbonyl (C=O) groups is 1. The average molecular weight is 507 g/mol. The Balaban J connectivity index is 1.53. The van der Waals surface area contributed by atoms with Crippen LogP contribution in [0.5, 0.6) is 5.75 Å². The summed E-state index contributed by atoms with van der Waals surface area (Å²) in [6, 6.07) is 30.5. The van der Waals surface area contributed by atoms with Crippen LogP contribution >= 0.6 is 11.8 Å². The number of benzene rings is 4. The monoisotopic (exact) mass is 506 g/mol. The minimum absolute atomic E-state index is 0.00810. The molecule has 5 rings (SSSR count). The topological polar surface area (TPSA) is 41.9 Å². The number of hydrogen-bond acceptors (Lipinski definition) is 4. The first kappa shape index (κ1) is 24.8. The second-order valence-electron chi connectivity index (χ2n) is 9.12. The number of nitrogens with zero attached hydrogens (tertiary/aromatic N) is 2. The van der Waals surface area contributed by atoms with E-state index in [0.717, 1.165) is 51.3 Å². The molecule has 0 aromatic heterocycles. The van der Waals surface area contributed by atoms with Crippen LogP contribution in [0.25, 0.3) is 16.8 Å². The first-order valence-electron chi connectivity index (χ1n) is 12.7. The summed E-state index contributed by atoms with van der Waals surface area (Å²) in [5, 5.41) is 2.88. The molecule has 37 heavy (non-hydrogen) atoms. The van der Waals surface area contributed by atoms with E-state index in [1.54, 1.807) is 0 Å². The lowest BCUT2D eigenvalue weighted by atomic mass is 10.0. The zero-order valence-electron chi connectivity index (χ0n) is 21.2. The SMILES string of the molecule is CCCCN1C(=O)/C(=C\c2c(OCc3ccccc3)ccc3ccccc23)SC1=Nc1ccc(C)cc1. The van der Waals surface area contributed by atoms with Gasteiger partial charge in [-0.3, -0.25) is 9.69 Å². The lowest BCUT2D eigenvalue weighted by molar-refractivity contribution is -0.122. The molecule has 1 aliphatic rings. The second kappa shape index (κ2) is 11.5. The number of aliphatic imine (C=N–C) groups is 1. The summed E-state index contributed by atoms with van der Waals surface area (Å²) in [6.07, 6.45) is 3.91. The van der Waals surface area contributed by atoms with E-state index in [2.05, 4.69) is 44.2 Å². The fourth-order valence-electron chi connectivity index (χ4n) is 4.25. The first-order chi connectivity index (χ1) is 18.1. The van der Waals surface area contributed by atoms with Crippen LogP contribution in [-0.2, 0) is 11.4 Å². The number of ether oxygens (including phenoxy) is 1. The number of hydrogen-bond donors (Lipinski definition) is 0. The van der Waals surface area contributed by atoms with Crippen molar-refractivity contribution in [1.82, 2.24) is 4.90 Å². The van der Waals surface area contributed by atoms with Crippen molar-refractivity contribution >= 4 is 45.4 Å².